The number of hydrogen-bond donors (Lipinski definition) is 2. The number of H-pyrrole nitrogens is 1. The number of hydrogen-bond acceptors (Lipinski definition) is 6. The average Bonchev–Trinajstić information content (AvgIpc) is 3.12. The molecule has 0 amide bonds. The quantitative estimate of drug-likeness (QED) is 0.617. The molecular formula is C19H23Cl2N7O. The number of rotatable bonds is 6. The summed E-state index contributed by atoms with van der Waals surface area (Å²) in [4.78, 5) is 24.6. The zero-order valence-corrected chi connectivity index (χ0v) is 17.7. The first-order valence-electron chi connectivity index (χ1n) is 9.54. The Kier molecular flexibility index (Phi) is 6.05. The molecule has 1 aromatic carbocycles. The van der Waals surface area contributed by atoms with E-state index in [0.29, 0.717) is 40.1 Å². The van der Waals surface area contributed by atoms with Crippen LogP contribution in [0.5, 0.6) is 0 Å². The van der Waals surface area contributed by atoms with Crippen LogP contribution in [0.25, 0.3) is 11.0 Å². The second-order valence-electron chi connectivity index (χ2n) is 7.26. The lowest BCUT2D eigenvalue weighted by Crippen LogP contribution is -2.45. The van der Waals surface area contributed by atoms with E-state index in [9.17, 15) is 4.79 Å². The molecule has 1 fully saturated rings. The highest BCUT2D eigenvalue weighted by Crippen LogP contribution is 2.22. The van der Waals surface area contributed by atoms with Crippen molar-refractivity contribution in [2.45, 2.75) is 13.1 Å². The minimum atomic E-state index is -0.206. The van der Waals surface area contributed by atoms with Crippen molar-refractivity contribution in [3.8, 4) is 0 Å². The maximum Gasteiger partial charge on any atom is 0.278 e. The number of likely N-dealkylation sites (N-methyl/N-ethyl adjacent to an activating group) is 1. The summed E-state index contributed by atoms with van der Waals surface area (Å²) in [5.74, 6) is 0.396. The SMILES string of the molecule is CN1CCN(CCn2ncc3nc(NCc4ccc(Cl)c(Cl)c4)[nH]c(=O)c32)CC1. The number of fused-ring (bicyclic) bond motifs is 1. The zero-order chi connectivity index (χ0) is 20.4. The van der Waals surface area contributed by atoms with Crippen LogP contribution in [0.2, 0.25) is 10.0 Å². The van der Waals surface area contributed by atoms with Gasteiger partial charge in [0.1, 0.15) is 5.52 Å². The van der Waals surface area contributed by atoms with Gasteiger partial charge in [0.2, 0.25) is 5.95 Å². The van der Waals surface area contributed by atoms with Crippen LogP contribution in [-0.2, 0) is 13.1 Å². The van der Waals surface area contributed by atoms with Crippen molar-refractivity contribution < 1.29 is 0 Å². The number of benzene rings is 1. The first-order valence-corrected chi connectivity index (χ1v) is 10.3. The third-order valence-electron chi connectivity index (χ3n) is 5.17. The van der Waals surface area contributed by atoms with Crippen molar-refractivity contribution in [2.24, 2.45) is 0 Å². The third-order valence-corrected chi connectivity index (χ3v) is 5.91. The van der Waals surface area contributed by atoms with Crippen LogP contribution >= 0.6 is 23.2 Å². The largest absolute Gasteiger partial charge is 0.352 e. The fraction of sp³-hybridized carbons (Fsp3) is 0.421. The first kappa shape index (κ1) is 20.2. The summed E-state index contributed by atoms with van der Waals surface area (Å²) in [6.07, 6.45) is 1.64. The molecule has 0 radical (unpaired) electrons. The maximum atomic E-state index is 12.6. The molecule has 0 bridgehead atoms. The van der Waals surface area contributed by atoms with E-state index in [1.54, 1.807) is 23.0 Å². The van der Waals surface area contributed by atoms with Gasteiger partial charge in [-0.05, 0) is 24.7 Å². The maximum absolute atomic E-state index is 12.6. The molecule has 4 rings (SSSR count). The fourth-order valence-corrected chi connectivity index (χ4v) is 3.72. The predicted molar refractivity (Wildman–Crippen MR) is 116 cm³/mol. The minimum Gasteiger partial charge on any atom is -0.352 e. The second-order valence-corrected chi connectivity index (χ2v) is 8.08. The van der Waals surface area contributed by atoms with Gasteiger partial charge in [-0.3, -0.25) is 19.4 Å². The van der Waals surface area contributed by atoms with Crippen LogP contribution < -0.4 is 10.9 Å². The first-order chi connectivity index (χ1) is 14.0. The summed E-state index contributed by atoms with van der Waals surface area (Å²) >= 11 is 12.0. The van der Waals surface area contributed by atoms with Gasteiger partial charge in [0.25, 0.3) is 5.56 Å². The van der Waals surface area contributed by atoms with Gasteiger partial charge in [0.15, 0.2) is 5.52 Å². The number of piperazine rings is 1. The van der Waals surface area contributed by atoms with Crippen LogP contribution in [0.1, 0.15) is 5.56 Å². The Morgan fingerprint density at radius 2 is 1.93 bits per heavy atom. The van der Waals surface area contributed by atoms with Gasteiger partial charge in [-0.15, -0.1) is 0 Å². The molecule has 0 spiro atoms. The molecule has 0 unspecified atom stereocenters. The highest BCUT2D eigenvalue weighted by molar-refractivity contribution is 6.42. The van der Waals surface area contributed by atoms with E-state index in [2.05, 4.69) is 37.2 Å². The number of nitrogens with one attached hydrogen (secondary N) is 2. The van der Waals surface area contributed by atoms with Crippen LogP contribution in [0.4, 0.5) is 5.95 Å². The average molecular weight is 436 g/mol. The van der Waals surface area contributed by atoms with E-state index >= 15 is 0 Å². The lowest BCUT2D eigenvalue weighted by Gasteiger charge is -2.32. The highest BCUT2D eigenvalue weighted by atomic mass is 35.5. The molecule has 2 aromatic heterocycles. The van der Waals surface area contributed by atoms with E-state index < -0.39 is 0 Å². The summed E-state index contributed by atoms with van der Waals surface area (Å²) in [5.41, 5.74) is 1.80. The number of aromatic amines is 1. The van der Waals surface area contributed by atoms with Gasteiger partial charge in [0.05, 0.1) is 22.8 Å². The van der Waals surface area contributed by atoms with Gasteiger partial charge in [0, 0.05) is 39.3 Å². The lowest BCUT2D eigenvalue weighted by atomic mass is 10.2. The van der Waals surface area contributed by atoms with E-state index in [0.717, 1.165) is 38.3 Å². The molecule has 0 saturated carbocycles. The standard InChI is InChI=1S/C19H23Cl2N7O/c1-26-4-6-27(7-5-26)8-9-28-17-16(12-23-28)24-19(25-18(17)29)22-11-13-2-3-14(20)15(21)10-13/h2-3,10,12H,4-9,11H2,1H3,(H2,22,24,25,29). The molecule has 154 valence electrons. The molecule has 2 N–H and O–H groups in total. The number of anilines is 1. The van der Waals surface area contributed by atoms with Crippen molar-refractivity contribution in [3.05, 3.63) is 50.4 Å². The molecule has 0 atom stereocenters. The summed E-state index contributed by atoms with van der Waals surface area (Å²) < 4.78 is 1.74. The second kappa shape index (κ2) is 8.71. The third kappa shape index (κ3) is 4.72. The normalized spacial score (nSPS) is 15.8. The van der Waals surface area contributed by atoms with Crippen molar-refractivity contribution >= 4 is 40.2 Å². The molecule has 10 heteroatoms. The molecule has 1 aliphatic heterocycles. The van der Waals surface area contributed by atoms with Crippen molar-refractivity contribution in [1.29, 1.82) is 0 Å². The van der Waals surface area contributed by atoms with Crippen molar-refractivity contribution in [2.75, 3.05) is 45.1 Å². The van der Waals surface area contributed by atoms with E-state index in [-0.39, 0.29) is 5.56 Å². The summed E-state index contributed by atoms with van der Waals surface area (Å²) in [7, 11) is 2.14. The lowest BCUT2D eigenvalue weighted by molar-refractivity contribution is 0.149. The molecule has 1 saturated heterocycles. The molecule has 3 aromatic rings. The van der Waals surface area contributed by atoms with E-state index in [1.807, 2.05) is 6.07 Å². The Morgan fingerprint density at radius 1 is 1.14 bits per heavy atom. The monoisotopic (exact) mass is 435 g/mol. The summed E-state index contributed by atoms with van der Waals surface area (Å²) in [6.45, 7) is 6.18. The Morgan fingerprint density at radius 3 is 2.69 bits per heavy atom. The van der Waals surface area contributed by atoms with Crippen molar-refractivity contribution in [3.63, 3.8) is 0 Å². The fourth-order valence-electron chi connectivity index (χ4n) is 3.40. The predicted octanol–water partition coefficient (Wildman–Crippen LogP) is 2.29. The van der Waals surface area contributed by atoms with Gasteiger partial charge >= 0.3 is 0 Å². The molecular weight excluding hydrogens is 413 g/mol. The number of aromatic nitrogens is 4. The molecule has 29 heavy (non-hydrogen) atoms. The Hall–Kier alpha value is -2.13. The van der Waals surface area contributed by atoms with Crippen LogP contribution in [-0.4, -0.2) is 69.3 Å². The highest BCUT2D eigenvalue weighted by Gasteiger charge is 2.15. The Labute approximate surface area is 178 Å². The molecule has 3 heterocycles. The Bertz CT molecular complexity index is 1060. The van der Waals surface area contributed by atoms with E-state index in [1.165, 1.54) is 0 Å². The van der Waals surface area contributed by atoms with Crippen molar-refractivity contribution in [1.82, 2.24) is 29.5 Å². The van der Waals surface area contributed by atoms with Crippen LogP contribution in [0.15, 0.2) is 29.2 Å². The van der Waals surface area contributed by atoms with Gasteiger partial charge in [-0.2, -0.15) is 5.10 Å². The molecule has 0 aliphatic carbocycles. The van der Waals surface area contributed by atoms with Crippen LogP contribution in [0, 0.1) is 0 Å². The number of nitrogens with zero attached hydrogens (tertiary/aromatic N) is 5. The Balaban J connectivity index is 1.44. The molecule has 1 aliphatic rings. The van der Waals surface area contributed by atoms with Crippen LogP contribution in [0.3, 0.4) is 0 Å². The summed E-state index contributed by atoms with van der Waals surface area (Å²) in [5, 5.41) is 8.49. The zero-order valence-electron chi connectivity index (χ0n) is 16.2. The van der Waals surface area contributed by atoms with Gasteiger partial charge in [-0.1, -0.05) is 29.3 Å². The van der Waals surface area contributed by atoms with E-state index in [4.69, 9.17) is 23.2 Å². The topological polar surface area (TPSA) is 82.1 Å². The minimum absolute atomic E-state index is 0.206. The molecule has 8 nitrogen and oxygen atoms in total. The number of halogens is 2. The summed E-state index contributed by atoms with van der Waals surface area (Å²) in [6, 6.07) is 5.39. The smallest absolute Gasteiger partial charge is 0.278 e. The van der Waals surface area contributed by atoms with Gasteiger partial charge in [-0.25, -0.2) is 4.98 Å². The van der Waals surface area contributed by atoms with Gasteiger partial charge < -0.3 is 10.2 Å².